The summed E-state index contributed by atoms with van der Waals surface area (Å²) in [7, 11) is 1.44. The van der Waals surface area contributed by atoms with Gasteiger partial charge in [-0.2, -0.15) is 16.9 Å². The van der Waals surface area contributed by atoms with Gasteiger partial charge in [-0.15, -0.1) is 0 Å². The van der Waals surface area contributed by atoms with Gasteiger partial charge in [-0.3, -0.25) is 14.4 Å². The van der Waals surface area contributed by atoms with E-state index in [1.165, 1.54) is 12.7 Å². The van der Waals surface area contributed by atoms with Crippen molar-refractivity contribution in [3.8, 4) is 0 Å². The van der Waals surface area contributed by atoms with Crippen LogP contribution in [0.1, 0.15) is 18.5 Å². The van der Waals surface area contributed by atoms with Crippen molar-refractivity contribution in [1.82, 2.24) is 14.7 Å². The second-order valence-electron chi connectivity index (χ2n) is 4.27. The van der Waals surface area contributed by atoms with Gasteiger partial charge >= 0.3 is 5.97 Å². The van der Waals surface area contributed by atoms with Crippen molar-refractivity contribution >= 4 is 17.7 Å². The number of carbonyl (C=O) groups is 1. The minimum Gasteiger partial charge on any atom is -0.468 e. The van der Waals surface area contributed by atoms with Crippen LogP contribution in [0.25, 0.3) is 0 Å². The molecule has 1 aliphatic heterocycles. The zero-order chi connectivity index (χ0) is 13.0. The first-order valence-electron chi connectivity index (χ1n) is 6.15. The van der Waals surface area contributed by atoms with Gasteiger partial charge in [0.05, 0.1) is 19.9 Å². The fourth-order valence-electron chi connectivity index (χ4n) is 2.09. The summed E-state index contributed by atoms with van der Waals surface area (Å²) >= 11 is 1.92. The summed E-state index contributed by atoms with van der Waals surface area (Å²) in [5, 5.41) is 4.31. The van der Waals surface area contributed by atoms with E-state index in [0.717, 1.165) is 24.6 Å². The van der Waals surface area contributed by atoms with Crippen LogP contribution in [-0.2, 0) is 16.1 Å². The SMILES string of the molecule is CCn1cc([C@H]2CSCCN2CC(=O)OC)cn1. The fourth-order valence-corrected chi connectivity index (χ4v) is 3.25. The second kappa shape index (κ2) is 6.24. The minimum absolute atomic E-state index is 0.171. The number of nitrogens with zero attached hydrogens (tertiary/aromatic N) is 3. The first-order valence-corrected chi connectivity index (χ1v) is 7.31. The number of methoxy groups -OCH3 is 1. The maximum Gasteiger partial charge on any atom is 0.319 e. The number of hydrogen-bond acceptors (Lipinski definition) is 5. The van der Waals surface area contributed by atoms with Crippen LogP contribution in [-0.4, -0.2) is 52.4 Å². The molecular weight excluding hydrogens is 250 g/mol. The molecule has 0 saturated carbocycles. The van der Waals surface area contributed by atoms with E-state index in [1.54, 1.807) is 0 Å². The molecule has 1 aliphatic rings. The van der Waals surface area contributed by atoms with Gasteiger partial charge in [-0.25, -0.2) is 0 Å². The number of hydrogen-bond donors (Lipinski definition) is 0. The normalized spacial score (nSPS) is 20.9. The highest BCUT2D eigenvalue weighted by Gasteiger charge is 2.27. The molecule has 2 heterocycles. The molecule has 5 nitrogen and oxygen atoms in total. The molecule has 1 aromatic rings. The molecule has 0 aromatic carbocycles. The Bertz CT molecular complexity index is 408. The molecule has 0 unspecified atom stereocenters. The van der Waals surface area contributed by atoms with Crippen molar-refractivity contribution in [2.75, 3.05) is 31.7 Å². The van der Waals surface area contributed by atoms with E-state index >= 15 is 0 Å². The highest BCUT2D eigenvalue weighted by atomic mass is 32.2. The summed E-state index contributed by atoms with van der Waals surface area (Å²) < 4.78 is 6.68. The number of ether oxygens (including phenoxy) is 1. The van der Waals surface area contributed by atoms with Crippen LogP contribution in [0.2, 0.25) is 0 Å². The Morgan fingerprint density at radius 2 is 2.50 bits per heavy atom. The standard InChI is InChI=1S/C12H19N3O2S/c1-3-15-7-10(6-13-15)11-9-18-5-4-14(11)8-12(16)17-2/h6-7,11H,3-5,8-9H2,1-2H3/t11-/m1/s1. The van der Waals surface area contributed by atoms with Gasteiger partial charge in [0.15, 0.2) is 0 Å². The van der Waals surface area contributed by atoms with Crippen LogP contribution in [0.5, 0.6) is 0 Å². The number of esters is 1. The van der Waals surface area contributed by atoms with Gasteiger partial charge in [0.1, 0.15) is 0 Å². The molecule has 2 rings (SSSR count). The van der Waals surface area contributed by atoms with Crippen LogP contribution < -0.4 is 0 Å². The third-order valence-corrected chi connectivity index (χ3v) is 4.18. The Hall–Kier alpha value is -1.01. The molecule has 0 N–H and O–H groups in total. The smallest absolute Gasteiger partial charge is 0.319 e. The molecule has 1 aromatic heterocycles. The third-order valence-electron chi connectivity index (χ3n) is 3.16. The van der Waals surface area contributed by atoms with Gasteiger partial charge < -0.3 is 4.74 Å². The van der Waals surface area contributed by atoms with Crippen molar-refractivity contribution < 1.29 is 9.53 Å². The number of rotatable bonds is 4. The highest BCUT2D eigenvalue weighted by molar-refractivity contribution is 7.99. The molecular formula is C12H19N3O2S. The Morgan fingerprint density at radius 1 is 1.67 bits per heavy atom. The summed E-state index contributed by atoms with van der Waals surface area (Å²) in [5.74, 6) is 1.90. The van der Waals surface area contributed by atoms with E-state index in [4.69, 9.17) is 4.74 Å². The Morgan fingerprint density at radius 3 is 3.17 bits per heavy atom. The molecule has 0 bridgehead atoms. The lowest BCUT2D eigenvalue weighted by Gasteiger charge is -2.33. The predicted molar refractivity (Wildman–Crippen MR) is 71.6 cm³/mol. The van der Waals surface area contributed by atoms with Gasteiger partial charge in [0, 0.05) is 42.4 Å². The number of thioether (sulfide) groups is 1. The van der Waals surface area contributed by atoms with E-state index in [-0.39, 0.29) is 12.0 Å². The quantitative estimate of drug-likeness (QED) is 0.768. The summed E-state index contributed by atoms with van der Waals surface area (Å²) in [5.41, 5.74) is 1.19. The predicted octanol–water partition coefficient (Wildman–Crippen LogP) is 1.17. The molecule has 0 amide bonds. The molecule has 1 atom stereocenters. The lowest BCUT2D eigenvalue weighted by molar-refractivity contribution is -0.142. The number of carbonyl (C=O) groups excluding carboxylic acids is 1. The van der Waals surface area contributed by atoms with E-state index in [0.29, 0.717) is 6.54 Å². The monoisotopic (exact) mass is 269 g/mol. The Labute approximate surface area is 111 Å². The first-order chi connectivity index (χ1) is 8.74. The maximum absolute atomic E-state index is 11.4. The van der Waals surface area contributed by atoms with Gasteiger partial charge in [0.25, 0.3) is 0 Å². The number of aromatic nitrogens is 2. The van der Waals surface area contributed by atoms with Crippen LogP contribution in [0.4, 0.5) is 0 Å². The molecule has 1 saturated heterocycles. The van der Waals surface area contributed by atoms with Gasteiger partial charge in [-0.05, 0) is 6.92 Å². The molecule has 1 fully saturated rings. The van der Waals surface area contributed by atoms with E-state index < -0.39 is 0 Å². The summed E-state index contributed by atoms with van der Waals surface area (Å²) in [4.78, 5) is 13.6. The first kappa shape index (κ1) is 13.4. The maximum atomic E-state index is 11.4. The van der Waals surface area contributed by atoms with Crippen LogP contribution in [0, 0.1) is 0 Å². The summed E-state index contributed by atoms with van der Waals surface area (Å²) in [6, 6.07) is 0.267. The second-order valence-corrected chi connectivity index (χ2v) is 5.42. The molecule has 0 radical (unpaired) electrons. The Kier molecular flexibility index (Phi) is 4.66. The van der Waals surface area contributed by atoms with E-state index in [2.05, 4.69) is 23.1 Å². The van der Waals surface area contributed by atoms with Crippen molar-refractivity contribution in [2.24, 2.45) is 0 Å². The third kappa shape index (κ3) is 3.05. The minimum atomic E-state index is -0.171. The average Bonchev–Trinajstić information content (AvgIpc) is 2.88. The van der Waals surface area contributed by atoms with Crippen molar-refractivity contribution in [1.29, 1.82) is 0 Å². The van der Waals surface area contributed by atoms with E-state index in [1.807, 2.05) is 22.6 Å². The molecule has 100 valence electrons. The molecule has 0 aliphatic carbocycles. The number of aryl methyl sites for hydroxylation is 1. The van der Waals surface area contributed by atoms with E-state index in [9.17, 15) is 4.79 Å². The summed E-state index contributed by atoms with van der Waals surface area (Å²) in [6.45, 7) is 4.22. The van der Waals surface area contributed by atoms with Crippen LogP contribution in [0.15, 0.2) is 12.4 Å². The van der Waals surface area contributed by atoms with Crippen molar-refractivity contribution in [3.05, 3.63) is 18.0 Å². The molecule has 6 heteroatoms. The largest absolute Gasteiger partial charge is 0.468 e. The van der Waals surface area contributed by atoms with Gasteiger partial charge in [0.2, 0.25) is 0 Å². The van der Waals surface area contributed by atoms with Crippen molar-refractivity contribution in [3.63, 3.8) is 0 Å². The van der Waals surface area contributed by atoms with Crippen molar-refractivity contribution in [2.45, 2.75) is 19.5 Å². The highest BCUT2D eigenvalue weighted by Crippen LogP contribution is 2.28. The van der Waals surface area contributed by atoms with Crippen LogP contribution >= 0.6 is 11.8 Å². The zero-order valence-corrected chi connectivity index (χ0v) is 11.7. The van der Waals surface area contributed by atoms with Gasteiger partial charge in [-0.1, -0.05) is 0 Å². The molecule has 18 heavy (non-hydrogen) atoms. The lowest BCUT2D eigenvalue weighted by atomic mass is 10.1. The topological polar surface area (TPSA) is 47.4 Å². The summed E-state index contributed by atoms with van der Waals surface area (Å²) in [6.07, 6.45) is 3.98. The Balaban J connectivity index is 2.09. The zero-order valence-electron chi connectivity index (χ0n) is 10.8. The lowest BCUT2D eigenvalue weighted by Crippen LogP contribution is -2.39. The average molecular weight is 269 g/mol. The van der Waals surface area contributed by atoms with Crippen LogP contribution in [0.3, 0.4) is 0 Å². The molecule has 0 spiro atoms. The fraction of sp³-hybridized carbons (Fsp3) is 0.667.